The van der Waals surface area contributed by atoms with Crippen LogP contribution in [0.3, 0.4) is 0 Å². The fraction of sp³-hybridized carbons (Fsp3) is 0.333. The van der Waals surface area contributed by atoms with E-state index in [1.54, 1.807) is 17.9 Å². The predicted octanol–water partition coefficient (Wildman–Crippen LogP) is 0.241. The number of hydrogen-bond donors (Lipinski definition) is 1. The maximum atomic E-state index is 10.8. The van der Waals surface area contributed by atoms with Crippen molar-refractivity contribution in [3.05, 3.63) is 12.0 Å². The van der Waals surface area contributed by atoms with E-state index in [9.17, 15) is 4.79 Å². The monoisotopic (exact) mass is 171 g/mol. The summed E-state index contributed by atoms with van der Waals surface area (Å²) in [6.45, 7) is 0. The number of rotatable bonds is 2. The lowest BCUT2D eigenvalue weighted by Crippen LogP contribution is -2.15. The zero-order chi connectivity index (χ0) is 8.43. The summed E-state index contributed by atoms with van der Waals surface area (Å²) in [5, 5.41) is 0.681. The quantitative estimate of drug-likeness (QED) is 0.648. The van der Waals surface area contributed by atoms with Gasteiger partial charge < -0.3 is 10.3 Å². The fourth-order valence-electron chi connectivity index (χ4n) is 0.837. The molecule has 5 heteroatoms. The third-order valence-corrected chi connectivity index (χ3v) is 2.02. The lowest BCUT2D eigenvalue weighted by Gasteiger charge is -1.97. The van der Waals surface area contributed by atoms with Gasteiger partial charge >= 0.3 is 0 Å². The molecule has 11 heavy (non-hydrogen) atoms. The molecule has 0 saturated heterocycles. The van der Waals surface area contributed by atoms with Crippen LogP contribution in [0.25, 0.3) is 0 Å². The van der Waals surface area contributed by atoms with E-state index in [4.69, 9.17) is 5.73 Å². The lowest BCUT2D eigenvalue weighted by molar-refractivity contribution is 0.0989. The average Bonchev–Trinajstić information content (AvgIpc) is 2.30. The van der Waals surface area contributed by atoms with Crippen LogP contribution in [0.5, 0.6) is 0 Å². The van der Waals surface area contributed by atoms with E-state index in [1.807, 2.05) is 6.26 Å². The van der Waals surface area contributed by atoms with Crippen molar-refractivity contribution in [3.8, 4) is 0 Å². The maximum Gasteiger partial charge on any atom is 0.268 e. The van der Waals surface area contributed by atoms with Gasteiger partial charge in [0.15, 0.2) is 0 Å². The van der Waals surface area contributed by atoms with Crippen molar-refractivity contribution in [2.75, 3.05) is 6.26 Å². The number of nitrogens with zero attached hydrogens (tertiary/aromatic N) is 2. The standard InChI is InChI=1S/C6H9N3OS/c1-9-3-8-6(11-2)4(9)5(7)10/h3H,1-2H3,(H2,7,10). The second kappa shape index (κ2) is 2.96. The Labute approximate surface area is 68.8 Å². The van der Waals surface area contributed by atoms with Gasteiger partial charge in [-0.2, -0.15) is 0 Å². The van der Waals surface area contributed by atoms with Gasteiger partial charge in [0.2, 0.25) is 0 Å². The summed E-state index contributed by atoms with van der Waals surface area (Å²) >= 11 is 1.41. The number of aryl methyl sites for hydroxylation is 1. The summed E-state index contributed by atoms with van der Waals surface area (Å²) in [7, 11) is 1.74. The van der Waals surface area contributed by atoms with Crippen LogP contribution < -0.4 is 5.73 Å². The zero-order valence-corrected chi connectivity index (χ0v) is 7.18. The molecule has 0 fully saturated rings. The molecule has 1 aromatic rings. The van der Waals surface area contributed by atoms with Crippen molar-refractivity contribution in [3.63, 3.8) is 0 Å². The van der Waals surface area contributed by atoms with Crippen LogP contribution in [0.1, 0.15) is 10.5 Å². The van der Waals surface area contributed by atoms with Gasteiger partial charge in [-0.1, -0.05) is 0 Å². The van der Waals surface area contributed by atoms with Crippen molar-refractivity contribution in [2.45, 2.75) is 5.03 Å². The second-order valence-corrected chi connectivity index (χ2v) is 2.87. The number of hydrogen-bond acceptors (Lipinski definition) is 3. The highest BCUT2D eigenvalue weighted by atomic mass is 32.2. The summed E-state index contributed by atoms with van der Waals surface area (Å²) in [4.78, 5) is 14.8. The minimum Gasteiger partial charge on any atom is -0.364 e. The molecule has 0 atom stereocenters. The first-order valence-electron chi connectivity index (χ1n) is 3.02. The maximum absolute atomic E-state index is 10.8. The molecule has 0 aromatic carbocycles. The Morgan fingerprint density at radius 3 is 2.82 bits per heavy atom. The molecule has 0 aliphatic rings. The molecule has 1 rings (SSSR count). The van der Waals surface area contributed by atoms with Gasteiger partial charge in [0.1, 0.15) is 10.7 Å². The third-order valence-electron chi connectivity index (χ3n) is 1.33. The largest absolute Gasteiger partial charge is 0.364 e. The highest BCUT2D eigenvalue weighted by molar-refractivity contribution is 7.98. The normalized spacial score (nSPS) is 10.0. The van der Waals surface area contributed by atoms with Crippen molar-refractivity contribution in [1.29, 1.82) is 0 Å². The minimum absolute atomic E-state index is 0.436. The molecule has 1 amide bonds. The Bertz CT molecular complexity index is 281. The summed E-state index contributed by atoms with van der Waals surface area (Å²) in [6.07, 6.45) is 3.43. The zero-order valence-electron chi connectivity index (χ0n) is 6.37. The van der Waals surface area contributed by atoms with Gasteiger partial charge in [-0.3, -0.25) is 4.79 Å². The summed E-state index contributed by atoms with van der Waals surface area (Å²) in [5.74, 6) is -0.436. The Balaban J connectivity index is 3.17. The number of carbonyl (C=O) groups excluding carboxylic acids is 1. The van der Waals surface area contributed by atoms with E-state index in [1.165, 1.54) is 11.8 Å². The molecule has 0 saturated carbocycles. The van der Waals surface area contributed by atoms with Gasteiger partial charge in [-0.15, -0.1) is 11.8 Å². The highest BCUT2D eigenvalue weighted by Gasteiger charge is 2.12. The SMILES string of the molecule is CSc1ncn(C)c1C(N)=O. The average molecular weight is 171 g/mol. The van der Waals surface area contributed by atoms with Crippen LogP contribution >= 0.6 is 11.8 Å². The molecule has 0 aliphatic heterocycles. The molecular formula is C6H9N3OS. The molecule has 0 unspecified atom stereocenters. The van der Waals surface area contributed by atoms with Crippen LogP contribution in [-0.4, -0.2) is 21.7 Å². The van der Waals surface area contributed by atoms with E-state index in [-0.39, 0.29) is 0 Å². The van der Waals surface area contributed by atoms with Crippen LogP contribution in [0.4, 0.5) is 0 Å². The molecule has 1 aromatic heterocycles. The molecule has 0 spiro atoms. The van der Waals surface area contributed by atoms with Gasteiger partial charge in [0, 0.05) is 7.05 Å². The third kappa shape index (κ3) is 1.37. The van der Waals surface area contributed by atoms with Crippen LogP contribution in [0.2, 0.25) is 0 Å². The molecule has 0 aliphatic carbocycles. The van der Waals surface area contributed by atoms with Crippen LogP contribution in [-0.2, 0) is 7.05 Å². The smallest absolute Gasteiger partial charge is 0.268 e. The first kappa shape index (κ1) is 8.13. The molecule has 4 nitrogen and oxygen atoms in total. The minimum atomic E-state index is -0.436. The first-order chi connectivity index (χ1) is 5.16. The molecular weight excluding hydrogens is 162 g/mol. The molecule has 0 bridgehead atoms. The summed E-state index contributed by atoms with van der Waals surface area (Å²) < 4.78 is 1.62. The number of aromatic nitrogens is 2. The van der Waals surface area contributed by atoms with Crippen LogP contribution in [0.15, 0.2) is 11.4 Å². The molecule has 1 heterocycles. The van der Waals surface area contributed by atoms with Gasteiger partial charge in [-0.25, -0.2) is 4.98 Å². The van der Waals surface area contributed by atoms with E-state index in [0.29, 0.717) is 10.7 Å². The number of thioether (sulfide) groups is 1. The number of imidazole rings is 1. The summed E-state index contributed by atoms with van der Waals surface area (Å²) in [5.41, 5.74) is 5.59. The number of primary amides is 1. The summed E-state index contributed by atoms with van der Waals surface area (Å²) in [6, 6.07) is 0. The number of carbonyl (C=O) groups is 1. The Morgan fingerprint density at radius 2 is 2.45 bits per heavy atom. The Morgan fingerprint density at radius 1 is 1.82 bits per heavy atom. The molecule has 60 valence electrons. The number of nitrogens with two attached hydrogens (primary N) is 1. The fourth-order valence-corrected chi connectivity index (χ4v) is 1.43. The molecule has 0 radical (unpaired) electrons. The number of amides is 1. The van der Waals surface area contributed by atoms with E-state index >= 15 is 0 Å². The van der Waals surface area contributed by atoms with Crippen LogP contribution in [0, 0.1) is 0 Å². The van der Waals surface area contributed by atoms with Gasteiger partial charge in [0.05, 0.1) is 6.33 Å². The Kier molecular flexibility index (Phi) is 2.19. The molecule has 2 N–H and O–H groups in total. The van der Waals surface area contributed by atoms with Crippen molar-refractivity contribution < 1.29 is 4.79 Å². The van der Waals surface area contributed by atoms with E-state index in [0.717, 1.165) is 0 Å². The second-order valence-electron chi connectivity index (χ2n) is 2.08. The predicted molar refractivity (Wildman–Crippen MR) is 43.5 cm³/mol. The van der Waals surface area contributed by atoms with Crippen molar-refractivity contribution >= 4 is 17.7 Å². The lowest BCUT2D eigenvalue weighted by atomic mass is 10.4. The van der Waals surface area contributed by atoms with Crippen molar-refractivity contribution in [2.24, 2.45) is 12.8 Å². The highest BCUT2D eigenvalue weighted by Crippen LogP contribution is 2.16. The van der Waals surface area contributed by atoms with Gasteiger partial charge in [0.25, 0.3) is 5.91 Å². The Hall–Kier alpha value is -0.970. The van der Waals surface area contributed by atoms with Gasteiger partial charge in [-0.05, 0) is 6.26 Å². The van der Waals surface area contributed by atoms with Crippen molar-refractivity contribution in [1.82, 2.24) is 9.55 Å². The first-order valence-corrected chi connectivity index (χ1v) is 4.24. The van der Waals surface area contributed by atoms with E-state index in [2.05, 4.69) is 4.98 Å². The van der Waals surface area contributed by atoms with E-state index < -0.39 is 5.91 Å². The topological polar surface area (TPSA) is 60.9 Å².